The summed E-state index contributed by atoms with van der Waals surface area (Å²) in [5.41, 5.74) is 0. The van der Waals surface area contributed by atoms with Gasteiger partial charge in [0.05, 0.1) is 0 Å². The molecule has 2 nitrogen and oxygen atoms in total. The second-order valence-electron chi connectivity index (χ2n) is 4.69. The Kier molecular flexibility index (Phi) is 10.7. The summed E-state index contributed by atoms with van der Waals surface area (Å²) in [4.78, 5) is 0. The monoisotopic (exact) mass is 262 g/mol. The van der Waals surface area contributed by atoms with Gasteiger partial charge in [-0.15, -0.1) is 0 Å². The van der Waals surface area contributed by atoms with Crippen molar-refractivity contribution in [1.82, 2.24) is 0 Å². The molecule has 0 spiro atoms. The normalized spacial score (nSPS) is 15.4. The van der Waals surface area contributed by atoms with Crippen molar-refractivity contribution in [2.45, 2.75) is 71.3 Å². The van der Waals surface area contributed by atoms with Crippen molar-refractivity contribution in [2.75, 3.05) is 6.61 Å². The molecule has 4 heteroatoms. The summed E-state index contributed by atoms with van der Waals surface area (Å²) in [6, 6.07) is 5.18. The van der Waals surface area contributed by atoms with E-state index in [4.69, 9.17) is 8.85 Å². The molecule has 0 aromatic carbocycles. The van der Waals surface area contributed by atoms with Crippen molar-refractivity contribution < 1.29 is 8.85 Å². The first-order valence-corrected chi connectivity index (χ1v) is 11.1. The van der Waals surface area contributed by atoms with E-state index in [0.717, 1.165) is 13.0 Å². The van der Waals surface area contributed by atoms with E-state index >= 15 is 0 Å². The fraction of sp³-hybridized carbons (Fsp3) is 1.00. The SMILES string of the molecule is CCCO[SiH](CC)CC[SiH](CC)OC(C)C. The summed E-state index contributed by atoms with van der Waals surface area (Å²) in [7, 11) is -1.81. The Hall–Kier alpha value is 0.354. The van der Waals surface area contributed by atoms with Crippen LogP contribution in [0.2, 0.25) is 24.2 Å². The zero-order valence-electron chi connectivity index (χ0n) is 11.8. The van der Waals surface area contributed by atoms with Crippen LogP contribution in [0.25, 0.3) is 0 Å². The summed E-state index contributed by atoms with van der Waals surface area (Å²) in [5, 5.41) is 0. The van der Waals surface area contributed by atoms with Gasteiger partial charge in [0, 0.05) is 12.7 Å². The molecule has 0 bridgehead atoms. The van der Waals surface area contributed by atoms with Crippen LogP contribution in [0.1, 0.15) is 41.0 Å². The minimum absolute atomic E-state index is 0.412. The third kappa shape index (κ3) is 8.50. The van der Waals surface area contributed by atoms with Gasteiger partial charge in [-0.2, -0.15) is 0 Å². The predicted octanol–water partition coefficient (Wildman–Crippen LogP) is 3.33. The Labute approximate surface area is 105 Å². The van der Waals surface area contributed by atoms with Crippen LogP contribution < -0.4 is 0 Å². The van der Waals surface area contributed by atoms with Crippen LogP contribution in [0.3, 0.4) is 0 Å². The van der Waals surface area contributed by atoms with Gasteiger partial charge in [-0.05, 0) is 44.4 Å². The first-order chi connectivity index (χ1) is 7.63. The second kappa shape index (κ2) is 10.5. The highest BCUT2D eigenvalue weighted by Gasteiger charge is 2.16. The fourth-order valence-corrected chi connectivity index (χ4v) is 7.68. The van der Waals surface area contributed by atoms with Crippen molar-refractivity contribution in [1.29, 1.82) is 0 Å². The first kappa shape index (κ1) is 16.4. The van der Waals surface area contributed by atoms with Gasteiger partial charge in [-0.1, -0.05) is 20.8 Å². The van der Waals surface area contributed by atoms with Gasteiger partial charge < -0.3 is 8.85 Å². The summed E-state index contributed by atoms with van der Waals surface area (Å²) in [6.45, 7) is 12.0. The van der Waals surface area contributed by atoms with Crippen LogP contribution in [0.15, 0.2) is 0 Å². The highest BCUT2D eigenvalue weighted by atomic mass is 28.3. The van der Waals surface area contributed by atoms with E-state index in [1.807, 2.05) is 0 Å². The van der Waals surface area contributed by atoms with Gasteiger partial charge in [0.1, 0.15) is 0 Å². The van der Waals surface area contributed by atoms with Crippen LogP contribution in [-0.2, 0) is 8.85 Å². The Balaban J connectivity index is 3.78. The number of hydrogen-bond donors (Lipinski definition) is 0. The Morgan fingerprint density at radius 3 is 1.94 bits per heavy atom. The molecule has 0 aliphatic carbocycles. The Bertz CT molecular complexity index is 154. The maximum atomic E-state index is 6.00. The maximum absolute atomic E-state index is 6.00. The smallest absolute Gasteiger partial charge is 0.176 e. The number of hydrogen-bond acceptors (Lipinski definition) is 2. The van der Waals surface area contributed by atoms with Gasteiger partial charge in [0.2, 0.25) is 0 Å². The lowest BCUT2D eigenvalue weighted by atomic mass is 10.5. The summed E-state index contributed by atoms with van der Waals surface area (Å²) < 4.78 is 12.0. The van der Waals surface area contributed by atoms with E-state index in [1.54, 1.807) is 0 Å². The summed E-state index contributed by atoms with van der Waals surface area (Å²) >= 11 is 0. The lowest BCUT2D eigenvalue weighted by Gasteiger charge is -2.20. The summed E-state index contributed by atoms with van der Waals surface area (Å²) in [5.74, 6) is 0. The van der Waals surface area contributed by atoms with Gasteiger partial charge in [0.15, 0.2) is 18.1 Å². The third-order valence-corrected chi connectivity index (χ3v) is 8.82. The largest absolute Gasteiger partial charge is 0.420 e. The average Bonchev–Trinajstić information content (AvgIpc) is 2.27. The van der Waals surface area contributed by atoms with Crippen LogP contribution in [0.5, 0.6) is 0 Å². The third-order valence-electron chi connectivity index (χ3n) is 2.74. The van der Waals surface area contributed by atoms with Gasteiger partial charge in [-0.25, -0.2) is 0 Å². The lowest BCUT2D eigenvalue weighted by molar-refractivity contribution is 0.241. The molecule has 0 aliphatic heterocycles. The predicted molar refractivity (Wildman–Crippen MR) is 77.3 cm³/mol. The molecule has 0 aliphatic rings. The van der Waals surface area contributed by atoms with Crippen molar-refractivity contribution >= 4 is 18.1 Å². The Morgan fingerprint density at radius 2 is 1.50 bits per heavy atom. The topological polar surface area (TPSA) is 18.5 Å². The van der Waals surface area contributed by atoms with E-state index in [-0.39, 0.29) is 0 Å². The van der Waals surface area contributed by atoms with E-state index in [2.05, 4.69) is 34.6 Å². The molecule has 0 saturated carbocycles. The molecule has 16 heavy (non-hydrogen) atoms. The van der Waals surface area contributed by atoms with Crippen LogP contribution in [-0.4, -0.2) is 30.8 Å². The van der Waals surface area contributed by atoms with E-state index in [0.29, 0.717) is 6.10 Å². The van der Waals surface area contributed by atoms with Gasteiger partial charge in [-0.3, -0.25) is 0 Å². The van der Waals surface area contributed by atoms with Gasteiger partial charge in [0.25, 0.3) is 0 Å². The second-order valence-corrected chi connectivity index (χ2v) is 10.6. The molecule has 0 aromatic rings. The van der Waals surface area contributed by atoms with Crippen LogP contribution in [0, 0.1) is 0 Å². The molecule has 0 heterocycles. The molecule has 0 fully saturated rings. The lowest BCUT2D eigenvalue weighted by Crippen LogP contribution is -2.25. The zero-order chi connectivity index (χ0) is 12.4. The van der Waals surface area contributed by atoms with Crippen LogP contribution >= 0.6 is 0 Å². The molecule has 2 atom stereocenters. The molecule has 0 N–H and O–H groups in total. The van der Waals surface area contributed by atoms with E-state index in [9.17, 15) is 0 Å². The quantitative estimate of drug-likeness (QED) is 0.562. The Morgan fingerprint density at radius 1 is 0.938 bits per heavy atom. The zero-order valence-corrected chi connectivity index (χ0v) is 14.1. The molecule has 0 radical (unpaired) electrons. The van der Waals surface area contributed by atoms with Crippen molar-refractivity contribution in [3.8, 4) is 0 Å². The number of rotatable bonds is 10. The molecule has 2 unspecified atom stereocenters. The van der Waals surface area contributed by atoms with E-state index in [1.165, 1.54) is 24.2 Å². The standard InChI is InChI=1S/C12H30O2Si2/c1-6-9-13-15(7-2)10-11-16(8-3)14-12(4)5/h12,15-16H,6-11H2,1-5H3. The first-order valence-electron chi connectivity index (χ1n) is 6.90. The van der Waals surface area contributed by atoms with Crippen molar-refractivity contribution in [3.63, 3.8) is 0 Å². The van der Waals surface area contributed by atoms with Crippen molar-refractivity contribution in [3.05, 3.63) is 0 Å². The van der Waals surface area contributed by atoms with Gasteiger partial charge >= 0.3 is 0 Å². The minimum Gasteiger partial charge on any atom is -0.420 e. The average molecular weight is 263 g/mol. The summed E-state index contributed by atoms with van der Waals surface area (Å²) in [6.07, 6.45) is 1.57. The van der Waals surface area contributed by atoms with Crippen LogP contribution in [0.4, 0.5) is 0 Å². The van der Waals surface area contributed by atoms with E-state index < -0.39 is 18.1 Å². The molecular formula is C12H30O2Si2. The van der Waals surface area contributed by atoms with Crippen molar-refractivity contribution in [2.24, 2.45) is 0 Å². The molecule has 0 aromatic heterocycles. The molecule has 0 rings (SSSR count). The highest BCUT2D eigenvalue weighted by Crippen LogP contribution is 2.13. The fourth-order valence-electron chi connectivity index (χ4n) is 1.81. The minimum atomic E-state index is -0.920. The molecular weight excluding hydrogens is 232 g/mol. The molecule has 0 amide bonds. The maximum Gasteiger partial charge on any atom is 0.176 e. The molecule has 0 saturated heterocycles. The molecule has 98 valence electrons. The highest BCUT2D eigenvalue weighted by molar-refractivity contribution is 6.57.